The number of rotatable bonds is 8. The molecule has 4 heterocycles. The minimum absolute atomic E-state index is 1.10. The summed E-state index contributed by atoms with van der Waals surface area (Å²) in [5, 5.41) is 0. The van der Waals surface area contributed by atoms with Crippen LogP contribution in [-0.2, 0) is 27.7 Å². The van der Waals surface area contributed by atoms with Crippen molar-refractivity contribution in [2.24, 2.45) is 21.1 Å². The van der Waals surface area contributed by atoms with Crippen LogP contribution in [0.3, 0.4) is 0 Å². The molecule has 4 aromatic heterocycles. The van der Waals surface area contributed by atoms with Crippen molar-refractivity contribution in [2.45, 2.75) is 39.2 Å². The zero-order valence-electron chi connectivity index (χ0n) is 20.4. The molecule has 0 saturated carbocycles. The number of aromatic nitrogens is 4. The third-order valence-corrected chi connectivity index (χ3v) is 6.33. The number of unbranched alkanes of at least 4 members (excludes halogenated alkanes) is 3. The van der Waals surface area contributed by atoms with Crippen molar-refractivity contribution in [3.8, 4) is 33.6 Å². The standard InChI is InChI=1S/C29H36N4/c1-5-6-7-8-17-33-20-15-25(16-21-33)29-12-10-27(23-32(29)4)26-9-11-28(31(3)22-26)24-13-18-30(2)19-14-24/h9-16,18-23H,5-8,17H2,1-4H3/q+4. The van der Waals surface area contributed by atoms with Crippen LogP contribution in [0.15, 0.2) is 85.7 Å². The fourth-order valence-electron chi connectivity index (χ4n) is 4.33. The first-order valence-electron chi connectivity index (χ1n) is 12.0. The summed E-state index contributed by atoms with van der Waals surface area (Å²) in [6.45, 7) is 3.35. The Hall–Kier alpha value is -3.40. The highest BCUT2D eigenvalue weighted by molar-refractivity contribution is 5.65. The van der Waals surface area contributed by atoms with Gasteiger partial charge in [0.05, 0.1) is 22.3 Å². The van der Waals surface area contributed by atoms with Crippen LogP contribution in [0.4, 0.5) is 0 Å². The van der Waals surface area contributed by atoms with Crippen LogP contribution < -0.4 is 18.3 Å². The van der Waals surface area contributed by atoms with E-state index in [4.69, 9.17) is 0 Å². The summed E-state index contributed by atoms with van der Waals surface area (Å²) in [5.41, 5.74) is 7.30. The minimum Gasteiger partial charge on any atom is -0.208 e. The van der Waals surface area contributed by atoms with E-state index in [2.05, 4.69) is 125 Å². The monoisotopic (exact) mass is 440 g/mol. The van der Waals surface area contributed by atoms with E-state index >= 15 is 0 Å². The molecule has 168 valence electrons. The average Bonchev–Trinajstić information content (AvgIpc) is 2.83. The summed E-state index contributed by atoms with van der Waals surface area (Å²) < 4.78 is 8.78. The third kappa shape index (κ3) is 5.51. The van der Waals surface area contributed by atoms with Crippen molar-refractivity contribution in [1.82, 2.24) is 0 Å². The molecule has 0 unspecified atom stereocenters. The van der Waals surface area contributed by atoms with Gasteiger partial charge in [-0.05, 0) is 18.6 Å². The van der Waals surface area contributed by atoms with E-state index in [9.17, 15) is 0 Å². The average molecular weight is 441 g/mol. The molecule has 0 spiro atoms. The molecule has 33 heavy (non-hydrogen) atoms. The Morgan fingerprint density at radius 1 is 0.545 bits per heavy atom. The number of nitrogens with zero attached hydrogens (tertiary/aromatic N) is 4. The Morgan fingerprint density at radius 2 is 1.06 bits per heavy atom. The van der Waals surface area contributed by atoms with Crippen molar-refractivity contribution < 1.29 is 18.3 Å². The van der Waals surface area contributed by atoms with Gasteiger partial charge in [0.25, 0.3) is 0 Å². The maximum Gasteiger partial charge on any atom is 0.212 e. The first-order chi connectivity index (χ1) is 16.0. The first-order valence-corrected chi connectivity index (χ1v) is 12.0. The van der Waals surface area contributed by atoms with Gasteiger partial charge in [-0.3, -0.25) is 0 Å². The lowest BCUT2D eigenvalue weighted by atomic mass is 10.1. The molecule has 0 radical (unpaired) electrons. The molecule has 0 aliphatic heterocycles. The second-order valence-corrected chi connectivity index (χ2v) is 8.97. The van der Waals surface area contributed by atoms with Crippen molar-refractivity contribution >= 4 is 0 Å². The summed E-state index contributed by atoms with van der Waals surface area (Å²) in [7, 11) is 6.28. The van der Waals surface area contributed by atoms with E-state index in [0.717, 1.165) is 6.54 Å². The molecule has 0 aliphatic rings. The molecule has 0 atom stereocenters. The lowest BCUT2D eigenvalue weighted by Crippen LogP contribution is -2.34. The fraction of sp³-hybridized carbons (Fsp3) is 0.310. The topological polar surface area (TPSA) is 15.5 Å². The molecule has 0 aliphatic carbocycles. The van der Waals surface area contributed by atoms with E-state index in [1.807, 2.05) is 7.05 Å². The molecule has 0 N–H and O–H groups in total. The molecule has 0 saturated heterocycles. The number of hydrogen-bond donors (Lipinski definition) is 0. The molecular formula is C29H36N4+4. The Morgan fingerprint density at radius 3 is 1.55 bits per heavy atom. The predicted molar refractivity (Wildman–Crippen MR) is 131 cm³/mol. The summed E-state index contributed by atoms with van der Waals surface area (Å²) in [4.78, 5) is 0. The maximum absolute atomic E-state index is 2.29. The van der Waals surface area contributed by atoms with Crippen LogP contribution in [-0.4, -0.2) is 0 Å². The van der Waals surface area contributed by atoms with Gasteiger partial charge in [-0.1, -0.05) is 19.8 Å². The second kappa shape index (κ2) is 10.5. The highest BCUT2D eigenvalue weighted by Gasteiger charge is 2.17. The zero-order chi connectivity index (χ0) is 23.2. The summed E-state index contributed by atoms with van der Waals surface area (Å²) in [6.07, 6.45) is 18.2. The van der Waals surface area contributed by atoms with Crippen LogP contribution in [0.1, 0.15) is 32.6 Å². The highest BCUT2D eigenvalue weighted by Crippen LogP contribution is 2.22. The Balaban J connectivity index is 1.51. The van der Waals surface area contributed by atoms with Crippen LogP contribution >= 0.6 is 0 Å². The van der Waals surface area contributed by atoms with Gasteiger partial charge < -0.3 is 0 Å². The second-order valence-electron chi connectivity index (χ2n) is 8.97. The minimum atomic E-state index is 1.10. The zero-order valence-corrected chi connectivity index (χ0v) is 20.4. The first kappa shape index (κ1) is 22.8. The van der Waals surface area contributed by atoms with E-state index < -0.39 is 0 Å². The summed E-state index contributed by atoms with van der Waals surface area (Å²) in [6, 6.07) is 17.6. The molecule has 0 fully saturated rings. The van der Waals surface area contributed by atoms with Crippen molar-refractivity contribution in [1.29, 1.82) is 0 Å². The quantitative estimate of drug-likeness (QED) is 0.290. The van der Waals surface area contributed by atoms with Crippen molar-refractivity contribution in [3.63, 3.8) is 0 Å². The molecule has 4 rings (SSSR count). The van der Waals surface area contributed by atoms with Crippen LogP contribution in [0, 0.1) is 0 Å². The molecule has 0 bridgehead atoms. The molecule has 4 aromatic rings. The van der Waals surface area contributed by atoms with Crippen molar-refractivity contribution in [2.75, 3.05) is 0 Å². The third-order valence-electron chi connectivity index (χ3n) is 6.33. The highest BCUT2D eigenvalue weighted by atomic mass is 14.9. The maximum atomic E-state index is 2.29. The smallest absolute Gasteiger partial charge is 0.208 e. The number of pyridine rings is 4. The van der Waals surface area contributed by atoms with Gasteiger partial charge in [-0.15, -0.1) is 0 Å². The van der Waals surface area contributed by atoms with Gasteiger partial charge in [0.15, 0.2) is 37.2 Å². The van der Waals surface area contributed by atoms with Gasteiger partial charge in [0.2, 0.25) is 11.4 Å². The number of aryl methyl sites for hydroxylation is 4. The van der Waals surface area contributed by atoms with E-state index in [1.54, 1.807) is 0 Å². The Kier molecular flexibility index (Phi) is 7.23. The molecule has 4 nitrogen and oxygen atoms in total. The van der Waals surface area contributed by atoms with Crippen LogP contribution in [0.2, 0.25) is 0 Å². The largest absolute Gasteiger partial charge is 0.212 e. The summed E-state index contributed by atoms with van der Waals surface area (Å²) in [5.74, 6) is 0. The molecular weight excluding hydrogens is 404 g/mol. The summed E-state index contributed by atoms with van der Waals surface area (Å²) >= 11 is 0. The van der Waals surface area contributed by atoms with Gasteiger partial charge in [-0.25, -0.2) is 18.3 Å². The SMILES string of the molecule is CCCCCC[n+]1ccc(-c2ccc(-c3ccc(-c4cc[n+](C)cc4)[n+](C)c3)c[n+]2C)cc1. The van der Waals surface area contributed by atoms with E-state index in [-0.39, 0.29) is 0 Å². The lowest BCUT2D eigenvalue weighted by molar-refractivity contribution is -0.697. The van der Waals surface area contributed by atoms with Crippen LogP contribution in [0.25, 0.3) is 33.6 Å². The Labute approximate surface area is 198 Å². The van der Waals surface area contributed by atoms with Gasteiger partial charge >= 0.3 is 0 Å². The molecule has 0 aromatic carbocycles. The van der Waals surface area contributed by atoms with Gasteiger partial charge in [0.1, 0.15) is 27.7 Å². The number of hydrogen-bond acceptors (Lipinski definition) is 0. The molecule has 0 amide bonds. The van der Waals surface area contributed by atoms with E-state index in [0.29, 0.717) is 0 Å². The van der Waals surface area contributed by atoms with Crippen LogP contribution in [0.5, 0.6) is 0 Å². The fourth-order valence-corrected chi connectivity index (χ4v) is 4.33. The normalized spacial score (nSPS) is 11.0. The lowest BCUT2D eigenvalue weighted by Gasteiger charge is -2.05. The van der Waals surface area contributed by atoms with E-state index in [1.165, 1.54) is 59.3 Å². The molecule has 4 heteroatoms. The van der Waals surface area contributed by atoms with Crippen molar-refractivity contribution in [3.05, 3.63) is 85.7 Å². The predicted octanol–water partition coefficient (Wildman–Crippen LogP) is 4.03. The Bertz CT molecular complexity index is 1210. The van der Waals surface area contributed by atoms with Gasteiger partial charge in [0, 0.05) is 42.8 Å². The van der Waals surface area contributed by atoms with Gasteiger partial charge in [-0.2, -0.15) is 0 Å².